The van der Waals surface area contributed by atoms with Crippen LogP contribution in [0.4, 0.5) is 18.9 Å². The number of nitro benzene ring substituents is 1. The van der Waals surface area contributed by atoms with Crippen LogP contribution < -0.4 is 15.8 Å². The average molecular weight is 400 g/mol. The molecule has 0 saturated carbocycles. The summed E-state index contributed by atoms with van der Waals surface area (Å²) in [5.41, 5.74) is 4.66. The number of rotatable bonds is 9. The molecule has 0 aliphatic heterocycles. The van der Waals surface area contributed by atoms with E-state index in [1.165, 1.54) is 0 Å². The second-order valence-electron chi connectivity index (χ2n) is 5.39. The summed E-state index contributed by atoms with van der Waals surface area (Å²) >= 11 is 0. The third-order valence-corrected chi connectivity index (χ3v) is 3.34. The molecule has 3 N–H and O–H groups in total. The number of hydrogen-bond acceptors (Lipinski definition) is 5. The molecule has 0 saturated heterocycles. The number of nitrogens with two attached hydrogens (primary N) is 1. The molecule has 1 atom stereocenters. The van der Waals surface area contributed by atoms with E-state index in [2.05, 4.69) is 10.1 Å². The highest BCUT2D eigenvalue weighted by Gasteiger charge is 2.29. The minimum absolute atomic E-state index is 0. The van der Waals surface area contributed by atoms with Gasteiger partial charge in [0.2, 0.25) is 0 Å². The predicted molar refractivity (Wildman–Crippen MR) is 91.7 cm³/mol. The lowest BCUT2D eigenvalue weighted by atomic mass is 10.1. The van der Waals surface area contributed by atoms with E-state index in [9.17, 15) is 28.1 Å². The Labute approximate surface area is 154 Å². The molecule has 0 aliphatic rings. The minimum atomic E-state index is -4.56. The van der Waals surface area contributed by atoms with Crippen molar-refractivity contribution in [3.8, 4) is 5.75 Å². The van der Waals surface area contributed by atoms with E-state index in [-0.39, 0.29) is 36.3 Å². The zero-order valence-corrected chi connectivity index (χ0v) is 14.9. The summed E-state index contributed by atoms with van der Waals surface area (Å²) in [6.07, 6.45) is -2.28. The zero-order valence-electron chi connectivity index (χ0n) is 14.0. The number of hydrogen-bond donors (Lipinski definition) is 2. The van der Waals surface area contributed by atoms with Gasteiger partial charge < -0.3 is 15.8 Å². The van der Waals surface area contributed by atoms with Crippen LogP contribution in [-0.4, -0.2) is 36.2 Å². The molecule has 1 aromatic rings. The van der Waals surface area contributed by atoms with Crippen molar-refractivity contribution in [2.75, 3.05) is 13.2 Å². The first-order valence-corrected chi connectivity index (χ1v) is 7.66. The van der Waals surface area contributed by atoms with Gasteiger partial charge in [-0.25, -0.2) is 0 Å². The normalized spacial score (nSPS) is 12.0. The molecule has 26 heavy (non-hydrogen) atoms. The van der Waals surface area contributed by atoms with Crippen molar-refractivity contribution in [3.05, 3.63) is 33.9 Å². The maximum Gasteiger partial charge on any atom is 0.422 e. The Kier molecular flexibility index (Phi) is 9.96. The number of nitro groups is 1. The van der Waals surface area contributed by atoms with Crippen LogP contribution >= 0.6 is 12.4 Å². The highest BCUT2D eigenvalue weighted by atomic mass is 35.5. The Balaban J connectivity index is 0.00000625. The first-order valence-electron chi connectivity index (χ1n) is 7.66. The second kappa shape index (κ2) is 10.8. The van der Waals surface area contributed by atoms with E-state index < -0.39 is 29.3 Å². The molecule has 0 aromatic heterocycles. The lowest BCUT2D eigenvalue weighted by Crippen LogP contribution is -2.40. The van der Waals surface area contributed by atoms with Gasteiger partial charge >= 0.3 is 6.18 Å². The van der Waals surface area contributed by atoms with E-state index in [4.69, 9.17) is 5.73 Å². The van der Waals surface area contributed by atoms with Gasteiger partial charge in [-0.15, -0.1) is 12.4 Å². The Morgan fingerprint density at radius 3 is 2.58 bits per heavy atom. The molecule has 0 heterocycles. The molecule has 1 unspecified atom stereocenters. The monoisotopic (exact) mass is 399 g/mol. The van der Waals surface area contributed by atoms with Crippen LogP contribution in [0, 0.1) is 10.1 Å². The smallest absolute Gasteiger partial charge is 0.422 e. The van der Waals surface area contributed by atoms with Crippen LogP contribution in [0.3, 0.4) is 0 Å². The summed E-state index contributed by atoms with van der Waals surface area (Å²) in [6.45, 7) is 0.541. The van der Waals surface area contributed by atoms with Crippen LogP contribution in [0.25, 0.3) is 0 Å². The quantitative estimate of drug-likeness (QED) is 0.489. The highest BCUT2D eigenvalue weighted by molar-refractivity contribution is 5.98. The zero-order chi connectivity index (χ0) is 19.0. The largest absolute Gasteiger partial charge is 0.484 e. The van der Waals surface area contributed by atoms with Gasteiger partial charge in [0, 0.05) is 18.7 Å². The number of ether oxygens (including phenoxy) is 1. The molecular weight excluding hydrogens is 379 g/mol. The van der Waals surface area contributed by atoms with E-state index >= 15 is 0 Å². The van der Waals surface area contributed by atoms with Gasteiger partial charge in [-0.1, -0.05) is 19.8 Å². The van der Waals surface area contributed by atoms with Gasteiger partial charge in [0.15, 0.2) is 6.61 Å². The summed E-state index contributed by atoms with van der Waals surface area (Å²) in [4.78, 5) is 22.6. The third-order valence-electron chi connectivity index (χ3n) is 3.34. The van der Waals surface area contributed by atoms with Crippen molar-refractivity contribution in [1.82, 2.24) is 5.32 Å². The molecule has 0 fully saturated rings. The Hall–Kier alpha value is -2.07. The van der Waals surface area contributed by atoms with Gasteiger partial charge in [-0.3, -0.25) is 14.9 Å². The van der Waals surface area contributed by atoms with Gasteiger partial charge in [-0.05, 0) is 18.6 Å². The van der Waals surface area contributed by atoms with Gasteiger partial charge in [0.1, 0.15) is 11.3 Å². The number of alkyl halides is 3. The van der Waals surface area contributed by atoms with Crippen LogP contribution in [0.5, 0.6) is 5.75 Å². The molecule has 1 amide bonds. The van der Waals surface area contributed by atoms with Gasteiger partial charge in [0.25, 0.3) is 11.6 Å². The van der Waals surface area contributed by atoms with E-state index in [0.717, 1.165) is 31.0 Å². The third kappa shape index (κ3) is 7.87. The van der Waals surface area contributed by atoms with E-state index in [1.54, 1.807) is 0 Å². The lowest BCUT2D eigenvalue weighted by molar-refractivity contribution is -0.385. The van der Waals surface area contributed by atoms with Crippen LogP contribution in [-0.2, 0) is 0 Å². The lowest BCUT2D eigenvalue weighted by Gasteiger charge is -2.17. The highest BCUT2D eigenvalue weighted by Crippen LogP contribution is 2.26. The topological polar surface area (TPSA) is 107 Å². The summed E-state index contributed by atoms with van der Waals surface area (Å²) in [7, 11) is 0. The number of unbranched alkanes of at least 4 members (excludes halogenated alkanes) is 1. The average Bonchev–Trinajstić information content (AvgIpc) is 2.55. The fourth-order valence-corrected chi connectivity index (χ4v) is 2.07. The van der Waals surface area contributed by atoms with Crippen LogP contribution in [0.1, 0.15) is 36.5 Å². The van der Waals surface area contributed by atoms with Crippen molar-refractivity contribution in [2.24, 2.45) is 5.73 Å². The molecule has 1 rings (SSSR count). The molecular formula is C15H21ClF3N3O4. The fraction of sp³-hybridized carbons (Fsp3) is 0.533. The number of halogens is 4. The molecule has 7 nitrogen and oxygen atoms in total. The minimum Gasteiger partial charge on any atom is -0.484 e. The van der Waals surface area contributed by atoms with Crippen LogP contribution in [0.2, 0.25) is 0 Å². The molecule has 0 spiro atoms. The van der Waals surface area contributed by atoms with E-state index in [0.29, 0.717) is 6.42 Å². The van der Waals surface area contributed by atoms with Crippen molar-refractivity contribution >= 4 is 24.0 Å². The number of nitrogens with one attached hydrogen (secondary N) is 1. The molecule has 0 radical (unpaired) electrons. The molecule has 1 aromatic carbocycles. The summed E-state index contributed by atoms with van der Waals surface area (Å²) < 4.78 is 41.2. The SMILES string of the molecule is CCCCC(CN)NC(=O)c1cc(OCC(F)(F)F)ccc1[N+](=O)[O-].Cl. The maximum atomic E-state index is 12.3. The standard InChI is InChI=1S/C15H20F3N3O4.ClH/c1-2-3-4-10(8-19)20-14(22)12-7-11(25-9-15(16,17)18)5-6-13(12)21(23)24;/h5-7,10H,2-4,8-9,19H2,1H3,(H,20,22);1H. The fourth-order valence-electron chi connectivity index (χ4n) is 2.07. The Morgan fingerprint density at radius 2 is 2.08 bits per heavy atom. The van der Waals surface area contributed by atoms with Crippen molar-refractivity contribution in [1.29, 1.82) is 0 Å². The number of carbonyl (C=O) groups excluding carboxylic acids is 1. The molecule has 11 heteroatoms. The van der Waals surface area contributed by atoms with Crippen molar-refractivity contribution in [2.45, 2.75) is 38.4 Å². The number of benzene rings is 1. The summed E-state index contributed by atoms with van der Waals surface area (Å²) in [5, 5.41) is 13.6. The number of nitrogens with zero attached hydrogens (tertiary/aromatic N) is 1. The van der Waals surface area contributed by atoms with Crippen molar-refractivity contribution < 1.29 is 27.6 Å². The van der Waals surface area contributed by atoms with E-state index in [1.807, 2.05) is 6.92 Å². The second-order valence-corrected chi connectivity index (χ2v) is 5.39. The first-order chi connectivity index (χ1) is 11.7. The first kappa shape index (κ1) is 23.9. The number of carbonyl (C=O) groups is 1. The predicted octanol–water partition coefficient (Wildman–Crippen LogP) is 3.21. The number of amides is 1. The summed E-state index contributed by atoms with van der Waals surface area (Å²) in [5.74, 6) is -1.07. The van der Waals surface area contributed by atoms with Gasteiger partial charge in [-0.2, -0.15) is 13.2 Å². The Morgan fingerprint density at radius 1 is 1.42 bits per heavy atom. The molecule has 0 aliphatic carbocycles. The Bertz CT molecular complexity index is 614. The van der Waals surface area contributed by atoms with Crippen LogP contribution in [0.15, 0.2) is 18.2 Å². The van der Waals surface area contributed by atoms with Crippen molar-refractivity contribution in [3.63, 3.8) is 0 Å². The maximum absolute atomic E-state index is 12.3. The summed E-state index contributed by atoms with van der Waals surface area (Å²) in [6, 6.07) is 2.49. The molecule has 148 valence electrons. The van der Waals surface area contributed by atoms with Gasteiger partial charge in [0.05, 0.1) is 4.92 Å². The molecule has 0 bridgehead atoms.